The van der Waals surface area contributed by atoms with Crippen LogP contribution in [0.3, 0.4) is 0 Å². The predicted octanol–water partition coefficient (Wildman–Crippen LogP) is 2.87. The van der Waals surface area contributed by atoms with Gasteiger partial charge in [-0.2, -0.15) is 5.10 Å². The van der Waals surface area contributed by atoms with Crippen molar-refractivity contribution in [2.45, 2.75) is 19.5 Å². The van der Waals surface area contributed by atoms with Crippen LogP contribution in [0.5, 0.6) is 5.75 Å². The molecule has 2 aromatic carbocycles. The van der Waals surface area contributed by atoms with Crippen molar-refractivity contribution in [3.8, 4) is 17.0 Å². The van der Waals surface area contributed by atoms with Gasteiger partial charge >= 0.3 is 0 Å². The van der Waals surface area contributed by atoms with E-state index < -0.39 is 0 Å². The first kappa shape index (κ1) is 21.6. The summed E-state index contributed by atoms with van der Waals surface area (Å²) in [4.78, 5) is 26.6. The number of methoxy groups -OCH3 is 2. The molecule has 32 heavy (non-hydrogen) atoms. The molecule has 0 fully saturated rings. The molecule has 2 amide bonds. The van der Waals surface area contributed by atoms with Crippen LogP contribution in [0.4, 0.5) is 5.82 Å². The first-order chi connectivity index (χ1) is 15.6. The molecule has 0 saturated heterocycles. The molecule has 0 bridgehead atoms. The number of amides is 2. The SMILES string of the molecule is COCCNC(=O)c1ccc(CN2C(=O)CCn3nc(-c4ccc(OC)cc4)cc32)cc1. The molecule has 0 aliphatic carbocycles. The second-order valence-corrected chi connectivity index (χ2v) is 7.51. The molecule has 0 unspecified atom stereocenters. The Morgan fingerprint density at radius 1 is 1.09 bits per heavy atom. The van der Waals surface area contributed by atoms with Crippen LogP contribution in [0.2, 0.25) is 0 Å². The maximum absolute atomic E-state index is 12.7. The Labute approximate surface area is 186 Å². The highest BCUT2D eigenvalue weighted by Gasteiger charge is 2.26. The smallest absolute Gasteiger partial charge is 0.251 e. The molecule has 166 valence electrons. The van der Waals surface area contributed by atoms with Crippen molar-refractivity contribution in [2.75, 3.05) is 32.3 Å². The fourth-order valence-electron chi connectivity index (χ4n) is 3.64. The number of carbonyl (C=O) groups excluding carboxylic acids is 2. The molecule has 8 nitrogen and oxygen atoms in total. The first-order valence-electron chi connectivity index (χ1n) is 10.5. The highest BCUT2D eigenvalue weighted by atomic mass is 16.5. The summed E-state index contributed by atoms with van der Waals surface area (Å²) in [7, 11) is 3.23. The second-order valence-electron chi connectivity index (χ2n) is 7.51. The molecule has 3 aromatic rings. The van der Waals surface area contributed by atoms with E-state index in [1.807, 2.05) is 47.1 Å². The van der Waals surface area contributed by atoms with Crippen LogP contribution in [0.25, 0.3) is 11.3 Å². The van der Waals surface area contributed by atoms with E-state index in [1.54, 1.807) is 31.3 Å². The molecular formula is C24H26N4O4. The third-order valence-corrected chi connectivity index (χ3v) is 5.41. The fourth-order valence-corrected chi connectivity index (χ4v) is 3.64. The Bertz CT molecular complexity index is 1090. The number of hydrogen-bond donors (Lipinski definition) is 1. The van der Waals surface area contributed by atoms with Crippen molar-refractivity contribution in [1.29, 1.82) is 0 Å². The Morgan fingerprint density at radius 2 is 1.84 bits per heavy atom. The lowest BCUT2D eigenvalue weighted by Crippen LogP contribution is -2.36. The zero-order chi connectivity index (χ0) is 22.5. The number of aromatic nitrogens is 2. The molecule has 1 N–H and O–H groups in total. The summed E-state index contributed by atoms with van der Waals surface area (Å²) in [5, 5.41) is 7.49. The number of carbonyl (C=O) groups is 2. The van der Waals surface area contributed by atoms with Gasteiger partial charge in [-0.25, -0.2) is 4.68 Å². The Kier molecular flexibility index (Phi) is 6.51. The number of nitrogens with one attached hydrogen (secondary N) is 1. The van der Waals surface area contributed by atoms with Crippen LogP contribution in [0.15, 0.2) is 54.6 Å². The average Bonchev–Trinajstić information content (AvgIpc) is 3.26. The molecule has 0 spiro atoms. The molecule has 2 heterocycles. The molecule has 1 aliphatic rings. The van der Waals surface area contributed by atoms with Crippen molar-refractivity contribution in [3.05, 3.63) is 65.7 Å². The van der Waals surface area contributed by atoms with E-state index in [2.05, 4.69) is 5.32 Å². The number of aryl methyl sites for hydroxylation is 1. The van der Waals surface area contributed by atoms with E-state index in [0.29, 0.717) is 38.2 Å². The van der Waals surface area contributed by atoms with Gasteiger partial charge in [0.05, 0.1) is 32.5 Å². The summed E-state index contributed by atoms with van der Waals surface area (Å²) in [6.07, 6.45) is 0.400. The summed E-state index contributed by atoms with van der Waals surface area (Å²) < 4.78 is 12.0. The average molecular weight is 434 g/mol. The van der Waals surface area contributed by atoms with Gasteiger partial charge in [0.2, 0.25) is 5.91 Å². The van der Waals surface area contributed by atoms with Gasteiger partial charge in [0.15, 0.2) is 0 Å². The van der Waals surface area contributed by atoms with Gasteiger partial charge in [-0.1, -0.05) is 12.1 Å². The molecule has 0 saturated carbocycles. The highest BCUT2D eigenvalue weighted by molar-refractivity contribution is 5.95. The number of benzene rings is 2. The Balaban J connectivity index is 1.50. The summed E-state index contributed by atoms with van der Waals surface area (Å²) in [6, 6.07) is 16.9. The summed E-state index contributed by atoms with van der Waals surface area (Å²) in [5.74, 6) is 1.46. The van der Waals surface area contributed by atoms with Crippen molar-refractivity contribution >= 4 is 17.6 Å². The van der Waals surface area contributed by atoms with E-state index in [-0.39, 0.29) is 11.8 Å². The van der Waals surface area contributed by atoms with Gasteiger partial charge in [-0.15, -0.1) is 0 Å². The quantitative estimate of drug-likeness (QED) is 0.551. The molecule has 1 aromatic heterocycles. The zero-order valence-electron chi connectivity index (χ0n) is 18.2. The van der Waals surface area contributed by atoms with E-state index in [0.717, 1.165) is 28.4 Å². The lowest BCUT2D eigenvalue weighted by molar-refractivity contribution is -0.119. The van der Waals surface area contributed by atoms with Crippen molar-refractivity contribution in [1.82, 2.24) is 15.1 Å². The largest absolute Gasteiger partial charge is 0.497 e. The zero-order valence-corrected chi connectivity index (χ0v) is 18.2. The van der Waals surface area contributed by atoms with Gasteiger partial charge in [0.1, 0.15) is 11.6 Å². The second kappa shape index (κ2) is 9.65. The minimum absolute atomic E-state index is 0.0556. The number of rotatable bonds is 8. The molecule has 0 atom stereocenters. The van der Waals surface area contributed by atoms with Gasteiger partial charge in [0, 0.05) is 37.3 Å². The van der Waals surface area contributed by atoms with Crippen LogP contribution in [0.1, 0.15) is 22.3 Å². The number of ether oxygens (including phenoxy) is 2. The Morgan fingerprint density at radius 3 is 2.53 bits per heavy atom. The van der Waals surface area contributed by atoms with Crippen molar-refractivity contribution in [3.63, 3.8) is 0 Å². The minimum Gasteiger partial charge on any atom is -0.497 e. The highest BCUT2D eigenvalue weighted by Crippen LogP contribution is 2.30. The predicted molar refractivity (Wildman–Crippen MR) is 121 cm³/mol. The minimum atomic E-state index is -0.148. The van der Waals surface area contributed by atoms with Crippen molar-refractivity contribution < 1.29 is 19.1 Å². The summed E-state index contributed by atoms with van der Waals surface area (Å²) in [6.45, 7) is 1.90. The van der Waals surface area contributed by atoms with Crippen LogP contribution in [0, 0.1) is 0 Å². The first-order valence-corrected chi connectivity index (χ1v) is 10.5. The molecule has 4 rings (SSSR count). The monoisotopic (exact) mass is 434 g/mol. The van der Waals surface area contributed by atoms with Gasteiger partial charge in [0.25, 0.3) is 5.91 Å². The normalized spacial score (nSPS) is 13.1. The lowest BCUT2D eigenvalue weighted by atomic mass is 10.1. The van der Waals surface area contributed by atoms with Crippen molar-refractivity contribution in [2.24, 2.45) is 0 Å². The number of fused-ring (bicyclic) bond motifs is 1. The summed E-state index contributed by atoms with van der Waals surface area (Å²) >= 11 is 0. The van der Waals surface area contributed by atoms with E-state index >= 15 is 0 Å². The molecule has 8 heteroatoms. The molecule has 0 radical (unpaired) electrons. The van der Waals surface area contributed by atoms with E-state index in [9.17, 15) is 9.59 Å². The van der Waals surface area contributed by atoms with E-state index in [1.165, 1.54) is 0 Å². The van der Waals surface area contributed by atoms with Crippen LogP contribution < -0.4 is 15.0 Å². The number of anilines is 1. The topological polar surface area (TPSA) is 85.7 Å². The third kappa shape index (κ3) is 4.65. The Hall–Kier alpha value is -3.65. The third-order valence-electron chi connectivity index (χ3n) is 5.41. The standard InChI is InChI=1S/C24H26N4O4/c1-31-14-12-25-24(30)19-5-3-17(4-6-19)16-27-22-15-21(26-28(22)13-11-23(27)29)18-7-9-20(32-2)10-8-18/h3-10,15H,11-14,16H2,1-2H3,(H,25,30). The number of hydrogen-bond acceptors (Lipinski definition) is 5. The van der Waals surface area contributed by atoms with E-state index in [4.69, 9.17) is 14.6 Å². The molecule has 1 aliphatic heterocycles. The molecular weight excluding hydrogens is 408 g/mol. The maximum Gasteiger partial charge on any atom is 0.251 e. The van der Waals surface area contributed by atoms with Crippen LogP contribution in [-0.4, -0.2) is 49.0 Å². The van der Waals surface area contributed by atoms with Crippen LogP contribution in [-0.2, 0) is 22.6 Å². The van der Waals surface area contributed by atoms with Crippen LogP contribution >= 0.6 is 0 Å². The summed E-state index contributed by atoms with van der Waals surface area (Å²) in [5.41, 5.74) is 3.28. The number of nitrogens with zero attached hydrogens (tertiary/aromatic N) is 3. The fraction of sp³-hybridized carbons (Fsp3) is 0.292. The van der Waals surface area contributed by atoms with Gasteiger partial charge in [-0.3, -0.25) is 14.5 Å². The van der Waals surface area contributed by atoms with Gasteiger partial charge in [-0.05, 0) is 42.0 Å². The maximum atomic E-state index is 12.7. The lowest BCUT2D eigenvalue weighted by Gasteiger charge is -2.27. The van der Waals surface area contributed by atoms with Gasteiger partial charge < -0.3 is 14.8 Å².